The van der Waals surface area contributed by atoms with Crippen LogP contribution in [0.1, 0.15) is 10.4 Å². The lowest BCUT2D eigenvalue weighted by atomic mass is 10.1. The van der Waals surface area contributed by atoms with Crippen LogP contribution in [0, 0.1) is 0 Å². The van der Waals surface area contributed by atoms with Gasteiger partial charge >= 0.3 is 0 Å². The van der Waals surface area contributed by atoms with Crippen LogP contribution in [0.2, 0.25) is 0 Å². The van der Waals surface area contributed by atoms with Gasteiger partial charge in [-0.25, -0.2) is 0 Å². The predicted octanol–water partition coefficient (Wildman–Crippen LogP) is 4.10. The lowest BCUT2D eigenvalue weighted by molar-refractivity contribution is 0.0950. The molecule has 0 fully saturated rings. The van der Waals surface area contributed by atoms with E-state index < -0.39 is 0 Å². The number of carbonyl (C=O) groups is 1. The van der Waals surface area contributed by atoms with Gasteiger partial charge in [-0.1, -0.05) is 30.5 Å². The summed E-state index contributed by atoms with van der Waals surface area (Å²) >= 11 is 1.73. The molecule has 0 saturated carbocycles. The number of amides is 1. The first kappa shape index (κ1) is 14.4. The van der Waals surface area contributed by atoms with E-state index in [9.17, 15) is 4.79 Å². The first-order valence-corrected chi connectivity index (χ1v) is 7.67. The van der Waals surface area contributed by atoms with Gasteiger partial charge in [0.1, 0.15) is 0 Å². The molecule has 0 spiro atoms. The second-order valence-electron chi connectivity index (χ2n) is 4.80. The fourth-order valence-corrected chi connectivity index (χ4v) is 3.42. The molecule has 1 aromatic heterocycles. The Morgan fingerprint density at radius 2 is 2.00 bits per heavy atom. The van der Waals surface area contributed by atoms with Crippen molar-refractivity contribution in [2.75, 3.05) is 13.7 Å². The number of fused-ring (bicyclic) bond motifs is 3. The molecule has 0 radical (unpaired) electrons. The number of nitrogens with one attached hydrogen (secondary N) is 1. The molecule has 3 aromatic rings. The van der Waals surface area contributed by atoms with Gasteiger partial charge in [-0.3, -0.25) is 4.79 Å². The van der Waals surface area contributed by atoms with Gasteiger partial charge in [0.15, 0.2) is 5.76 Å². The zero-order chi connectivity index (χ0) is 15.5. The fraction of sp³-hybridized carbons (Fsp3) is 0.111. The van der Waals surface area contributed by atoms with Gasteiger partial charge in [0, 0.05) is 25.7 Å². The average Bonchev–Trinajstić information content (AvgIpc) is 2.93. The SMILES string of the molecule is C=C=C(CNC(=O)c1ccc2sc3ccccc3c2c1)OC. The lowest BCUT2D eigenvalue weighted by Gasteiger charge is -2.06. The van der Waals surface area contributed by atoms with E-state index in [4.69, 9.17) is 4.74 Å². The van der Waals surface area contributed by atoms with Crippen molar-refractivity contribution in [2.45, 2.75) is 0 Å². The molecule has 22 heavy (non-hydrogen) atoms. The maximum Gasteiger partial charge on any atom is 0.251 e. The Morgan fingerprint density at radius 3 is 2.77 bits per heavy atom. The smallest absolute Gasteiger partial charge is 0.251 e. The number of rotatable bonds is 4. The molecule has 110 valence electrons. The Bertz CT molecular complexity index is 904. The van der Waals surface area contributed by atoms with E-state index in [1.54, 1.807) is 11.3 Å². The number of thiophene rings is 1. The highest BCUT2D eigenvalue weighted by Crippen LogP contribution is 2.33. The van der Waals surface area contributed by atoms with Crippen LogP contribution < -0.4 is 5.32 Å². The molecule has 1 N–H and O–H groups in total. The zero-order valence-corrected chi connectivity index (χ0v) is 13.0. The van der Waals surface area contributed by atoms with E-state index in [0.29, 0.717) is 11.3 Å². The Balaban J connectivity index is 1.92. The van der Waals surface area contributed by atoms with Crippen LogP contribution in [0.25, 0.3) is 20.2 Å². The van der Waals surface area contributed by atoms with Crippen molar-refractivity contribution in [2.24, 2.45) is 0 Å². The van der Waals surface area contributed by atoms with Crippen molar-refractivity contribution in [3.63, 3.8) is 0 Å². The molecule has 0 atom stereocenters. The van der Waals surface area contributed by atoms with Crippen molar-refractivity contribution in [3.05, 3.63) is 66.1 Å². The van der Waals surface area contributed by atoms with Crippen LogP contribution in [-0.2, 0) is 4.74 Å². The molecular formula is C18H15NO2S. The third kappa shape index (κ3) is 2.62. The molecule has 1 amide bonds. The van der Waals surface area contributed by atoms with E-state index in [1.807, 2.05) is 30.3 Å². The van der Waals surface area contributed by atoms with E-state index in [0.717, 1.165) is 5.39 Å². The van der Waals surface area contributed by atoms with Crippen molar-refractivity contribution in [1.82, 2.24) is 5.32 Å². The van der Waals surface area contributed by atoms with Crippen LogP contribution in [-0.4, -0.2) is 19.6 Å². The summed E-state index contributed by atoms with van der Waals surface area (Å²) in [7, 11) is 1.53. The Labute approximate surface area is 132 Å². The molecule has 3 nitrogen and oxygen atoms in total. The largest absolute Gasteiger partial charge is 0.491 e. The van der Waals surface area contributed by atoms with Crippen molar-refractivity contribution in [3.8, 4) is 0 Å². The van der Waals surface area contributed by atoms with Gasteiger partial charge in [-0.2, -0.15) is 0 Å². The second kappa shape index (κ2) is 6.06. The molecule has 2 aromatic carbocycles. The minimum absolute atomic E-state index is 0.137. The maximum absolute atomic E-state index is 12.3. The Kier molecular flexibility index (Phi) is 3.96. The predicted molar refractivity (Wildman–Crippen MR) is 91.3 cm³/mol. The number of benzene rings is 2. The summed E-state index contributed by atoms with van der Waals surface area (Å²) in [6, 6.07) is 14.0. The maximum atomic E-state index is 12.3. The van der Waals surface area contributed by atoms with Crippen LogP contribution in [0.4, 0.5) is 0 Å². The number of ether oxygens (including phenoxy) is 1. The highest BCUT2D eigenvalue weighted by Gasteiger charge is 2.10. The number of hydrogen-bond donors (Lipinski definition) is 1. The standard InChI is InChI=1S/C18H15NO2S/c1-3-13(21-2)11-19-18(20)12-8-9-17-15(10-12)14-6-4-5-7-16(14)22-17/h4-10H,1,11H2,2H3,(H,19,20). The van der Waals surface area contributed by atoms with Crippen LogP contribution in [0.3, 0.4) is 0 Å². The lowest BCUT2D eigenvalue weighted by Crippen LogP contribution is -2.25. The molecule has 0 aliphatic carbocycles. The van der Waals surface area contributed by atoms with Crippen molar-refractivity contribution in [1.29, 1.82) is 0 Å². The summed E-state index contributed by atoms with van der Waals surface area (Å²) in [6.45, 7) is 3.79. The van der Waals surface area contributed by atoms with E-state index in [-0.39, 0.29) is 12.5 Å². The van der Waals surface area contributed by atoms with E-state index in [1.165, 1.54) is 21.9 Å². The molecule has 0 unspecified atom stereocenters. The number of hydrogen-bond acceptors (Lipinski definition) is 3. The van der Waals surface area contributed by atoms with E-state index in [2.05, 4.69) is 29.8 Å². The molecule has 1 heterocycles. The molecule has 0 aliphatic heterocycles. The Morgan fingerprint density at radius 1 is 1.23 bits per heavy atom. The van der Waals surface area contributed by atoms with Gasteiger partial charge in [-0.15, -0.1) is 11.3 Å². The summed E-state index contributed by atoms with van der Waals surface area (Å²) in [6.07, 6.45) is 0. The van der Waals surface area contributed by atoms with Crippen LogP contribution in [0.5, 0.6) is 0 Å². The first-order chi connectivity index (χ1) is 10.7. The quantitative estimate of drug-likeness (QED) is 0.582. The summed E-state index contributed by atoms with van der Waals surface area (Å²) in [4.78, 5) is 12.3. The molecule has 4 heteroatoms. The van der Waals surface area contributed by atoms with Gasteiger partial charge in [0.05, 0.1) is 13.7 Å². The third-order valence-electron chi connectivity index (χ3n) is 3.49. The zero-order valence-electron chi connectivity index (χ0n) is 12.2. The highest BCUT2D eigenvalue weighted by atomic mass is 32.1. The summed E-state index contributed by atoms with van der Waals surface area (Å²) in [5, 5.41) is 5.10. The Hall–Kier alpha value is -2.55. The second-order valence-corrected chi connectivity index (χ2v) is 5.88. The van der Waals surface area contributed by atoms with Crippen LogP contribution >= 0.6 is 11.3 Å². The summed E-state index contributed by atoms with van der Waals surface area (Å²) in [5.41, 5.74) is 3.27. The third-order valence-corrected chi connectivity index (χ3v) is 4.64. The van der Waals surface area contributed by atoms with Gasteiger partial charge in [0.2, 0.25) is 0 Å². The molecule has 0 saturated heterocycles. The first-order valence-electron chi connectivity index (χ1n) is 6.85. The monoisotopic (exact) mass is 309 g/mol. The molecule has 0 bridgehead atoms. The summed E-state index contributed by atoms with van der Waals surface area (Å²) < 4.78 is 7.44. The van der Waals surface area contributed by atoms with Crippen molar-refractivity contribution >= 4 is 37.4 Å². The molecule has 3 rings (SSSR count). The van der Waals surface area contributed by atoms with Gasteiger partial charge < -0.3 is 10.1 Å². The highest BCUT2D eigenvalue weighted by molar-refractivity contribution is 7.25. The topological polar surface area (TPSA) is 38.3 Å². The van der Waals surface area contributed by atoms with Gasteiger partial charge in [0.25, 0.3) is 5.91 Å². The normalized spacial score (nSPS) is 10.4. The molecule has 0 aliphatic rings. The molecular weight excluding hydrogens is 294 g/mol. The van der Waals surface area contributed by atoms with E-state index >= 15 is 0 Å². The fourth-order valence-electron chi connectivity index (χ4n) is 2.34. The minimum atomic E-state index is -0.137. The minimum Gasteiger partial charge on any atom is -0.491 e. The van der Waals surface area contributed by atoms with Gasteiger partial charge in [-0.05, 0) is 24.3 Å². The number of methoxy groups -OCH3 is 1. The van der Waals surface area contributed by atoms with Crippen LogP contribution in [0.15, 0.2) is 60.5 Å². The average molecular weight is 309 g/mol. The summed E-state index contributed by atoms with van der Waals surface area (Å²) in [5.74, 6) is 0.373. The van der Waals surface area contributed by atoms with Crippen molar-refractivity contribution < 1.29 is 9.53 Å². The number of carbonyl (C=O) groups excluding carboxylic acids is 1.